The number of hydrogen-bond acceptors (Lipinski definition) is 8. The quantitative estimate of drug-likeness (QED) is 0.0820. The molecule has 10 nitrogen and oxygen atoms in total. The van der Waals surface area contributed by atoms with Crippen molar-refractivity contribution in [3.05, 3.63) is 122 Å². The number of hydrogen-bond donors (Lipinski definition) is 0. The lowest BCUT2D eigenvalue weighted by Crippen LogP contribution is -2.53. The van der Waals surface area contributed by atoms with Gasteiger partial charge in [-0.15, -0.1) is 0 Å². The fraction of sp³-hybridized carbons (Fsp3) is 0.324. The van der Waals surface area contributed by atoms with Crippen molar-refractivity contribution in [1.82, 2.24) is 4.90 Å². The largest absolute Gasteiger partial charge is 0.619 e. The number of methoxy groups -OCH3 is 1. The van der Waals surface area contributed by atoms with E-state index in [4.69, 9.17) is 41.5 Å². The molecule has 1 aromatic heterocycles. The van der Waals surface area contributed by atoms with Crippen molar-refractivity contribution in [2.45, 2.75) is 44.6 Å². The molecule has 0 spiro atoms. The van der Waals surface area contributed by atoms with Gasteiger partial charge in [0.25, 0.3) is 0 Å². The Morgan fingerprint density at radius 1 is 1.04 bits per heavy atom. The van der Waals surface area contributed by atoms with Crippen LogP contribution in [0.5, 0.6) is 11.5 Å². The van der Waals surface area contributed by atoms with E-state index >= 15 is 4.39 Å². The molecule has 15 heteroatoms. The number of esters is 1. The standard InChI is InChI=1S/C37H34Cl2F3N3O7/c1-49-33-16-25(10-11-31(33)51-36(41)42)32(17-26-27(38)19-44(48)20-28(26)39)50-35(46)24-8-6-22(7-9-24)18-45(30-5-3-2-4-29(30)40)37(47)52-34-21-43-14-12-23(34)13-15-43/h2-11,16,19-20,23,32,34,36H,12-15,17-18,21H2,1H3/t32-,34-/m0/s1/i1D3. The second-order valence-electron chi connectivity index (χ2n) is 12.4. The monoisotopic (exact) mass is 762 g/mol. The summed E-state index contributed by atoms with van der Waals surface area (Å²) in [6, 6.07) is 15.1. The molecule has 0 unspecified atom stereocenters. The van der Waals surface area contributed by atoms with E-state index < -0.39 is 49.1 Å². The fourth-order valence-corrected chi connectivity index (χ4v) is 7.02. The molecule has 274 valence electrons. The second-order valence-corrected chi connectivity index (χ2v) is 13.2. The van der Waals surface area contributed by atoms with Crippen molar-refractivity contribution in [2.24, 2.45) is 5.92 Å². The Labute approximate surface area is 311 Å². The van der Waals surface area contributed by atoms with Crippen LogP contribution in [0.1, 0.15) is 50.1 Å². The van der Waals surface area contributed by atoms with Crippen LogP contribution in [0.4, 0.5) is 23.7 Å². The number of alkyl halides is 2. The van der Waals surface area contributed by atoms with Crippen molar-refractivity contribution in [3.63, 3.8) is 0 Å². The van der Waals surface area contributed by atoms with Gasteiger partial charge in [-0.2, -0.15) is 13.5 Å². The van der Waals surface area contributed by atoms with Gasteiger partial charge in [-0.05, 0) is 79.4 Å². The lowest BCUT2D eigenvalue weighted by molar-refractivity contribution is -0.605. The number of rotatable bonds is 12. The fourth-order valence-electron chi connectivity index (χ4n) is 6.42. The molecule has 0 radical (unpaired) electrons. The van der Waals surface area contributed by atoms with Crippen molar-refractivity contribution >= 4 is 41.0 Å². The SMILES string of the molecule is [2H]C([2H])([2H])Oc1cc([C@H](Cc2c(Cl)c[n+]([O-])cc2Cl)OC(=O)c2ccc(CN(C(=O)O[C@H]3CN4CCC3CC4)c3ccccc3F)cc2)ccc1OC(F)F. The van der Waals surface area contributed by atoms with E-state index in [9.17, 15) is 23.6 Å². The number of piperidine rings is 3. The minimum Gasteiger partial charge on any atom is -0.619 e. The topological polar surface area (TPSA) is 104 Å². The number of pyridine rings is 1. The van der Waals surface area contributed by atoms with E-state index in [1.165, 1.54) is 41.3 Å². The summed E-state index contributed by atoms with van der Waals surface area (Å²) in [6.07, 6.45) is 1.32. The van der Waals surface area contributed by atoms with E-state index in [0.29, 0.717) is 16.8 Å². The number of carbonyl (C=O) groups excluding carboxylic acids is 2. The number of aromatic nitrogens is 1. The van der Waals surface area contributed by atoms with Gasteiger partial charge < -0.3 is 24.2 Å². The predicted molar refractivity (Wildman–Crippen MR) is 185 cm³/mol. The van der Waals surface area contributed by atoms with Gasteiger partial charge in [0.05, 0.1) is 28.9 Å². The molecule has 7 rings (SSSR count). The molecular weight excluding hydrogens is 726 g/mol. The zero-order chi connectivity index (χ0) is 39.4. The first-order valence-electron chi connectivity index (χ1n) is 17.7. The number of halogens is 5. The maximum absolute atomic E-state index is 15.0. The molecule has 3 fully saturated rings. The number of para-hydroxylation sites is 1. The number of benzene rings is 3. The number of ether oxygens (including phenoxy) is 4. The third kappa shape index (κ3) is 8.66. The highest BCUT2D eigenvalue weighted by Gasteiger charge is 2.38. The summed E-state index contributed by atoms with van der Waals surface area (Å²) in [5.74, 6) is -2.44. The average Bonchev–Trinajstić information content (AvgIpc) is 3.12. The van der Waals surface area contributed by atoms with Crippen molar-refractivity contribution < 1.29 is 50.6 Å². The lowest BCUT2D eigenvalue weighted by atomic mass is 9.86. The normalized spacial score (nSPS) is 19.6. The van der Waals surface area contributed by atoms with E-state index in [1.54, 1.807) is 18.2 Å². The van der Waals surface area contributed by atoms with E-state index in [0.717, 1.165) is 50.5 Å². The molecule has 3 saturated heterocycles. The zero-order valence-electron chi connectivity index (χ0n) is 30.4. The molecule has 4 aromatic rings. The molecule has 0 aliphatic carbocycles. The van der Waals surface area contributed by atoms with Gasteiger partial charge in [-0.25, -0.2) is 14.0 Å². The number of amides is 1. The van der Waals surface area contributed by atoms with Gasteiger partial charge in [0, 0.05) is 18.5 Å². The Balaban J connectivity index is 1.25. The van der Waals surface area contributed by atoms with Crippen LogP contribution < -0.4 is 19.1 Å². The van der Waals surface area contributed by atoms with Gasteiger partial charge >= 0.3 is 18.7 Å². The highest BCUT2D eigenvalue weighted by Crippen LogP contribution is 2.36. The Bertz CT molecular complexity index is 2000. The number of nitrogens with zero attached hydrogens (tertiary/aromatic N) is 3. The Morgan fingerprint density at radius 2 is 1.75 bits per heavy atom. The third-order valence-corrected chi connectivity index (χ3v) is 9.76. The molecule has 3 aliphatic rings. The minimum absolute atomic E-state index is 0.0210. The zero-order valence-corrected chi connectivity index (χ0v) is 28.9. The molecular formula is C37H34Cl2F3N3O7. The smallest absolute Gasteiger partial charge is 0.415 e. The first kappa shape index (κ1) is 33.1. The van der Waals surface area contributed by atoms with Crippen LogP contribution in [0.2, 0.25) is 10.0 Å². The summed E-state index contributed by atoms with van der Waals surface area (Å²) >= 11 is 12.6. The molecule has 4 heterocycles. The number of anilines is 1. The molecule has 3 aliphatic heterocycles. The van der Waals surface area contributed by atoms with Crippen LogP contribution in [0.15, 0.2) is 79.1 Å². The van der Waals surface area contributed by atoms with Crippen LogP contribution in [-0.2, 0) is 22.4 Å². The minimum atomic E-state index is -3.31. The third-order valence-electron chi connectivity index (χ3n) is 9.10. The van der Waals surface area contributed by atoms with Gasteiger partial charge in [-0.3, -0.25) is 9.80 Å². The molecule has 0 N–H and O–H groups in total. The van der Waals surface area contributed by atoms with Gasteiger partial charge in [0.2, 0.25) is 0 Å². The van der Waals surface area contributed by atoms with Crippen LogP contribution in [0.3, 0.4) is 0 Å². The van der Waals surface area contributed by atoms with Crippen molar-refractivity contribution in [2.75, 3.05) is 31.6 Å². The van der Waals surface area contributed by atoms with E-state index in [1.807, 2.05) is 0 Å². The molecule has 2 bridgehead atoms. The second kappa shape index (κ2) is 16.3. The molecule has 0 saturated carbocycles. The summed E-state index contributed by atoms with van der Waals surface area (Å²) in [5.41, 5.74) is 0.858. The van der Waals surface area contributed by atoms with Crippen LogP contribution in [-0.4, -0.2) is 56.4 Å². The van der Waals surface area contributed by atoms with Crippen LogP contribution >= 0.6 is 23.2 Å². The first-order chi connectivity index (χ1) is 26.1. The highest BCUT2D eigenvalue weighted by molar-refractivity contribution is 6.35. The summed E-state index contributed by atoms with van der Waals surface area (Å²) < 4.78 is 85.3. The van der Waals surface area contributed by atoms with Gasteiger partial charge in [0.15, 0.2) is 23.9 Å². The Hall–Kier alpha value is -4.72. The predicted octanol–water partition coefficient (Wildman–Crippen LogP) is 7.75. The summed E-state index contributed by atoms with van der Waals surface area (Å²) in [7, 11) is -3.06. The van der Waals surface area contributed by atoms with Crippen molar-refractivity contribution in [3.8, 4) is 11.5 Å². The van der Waals surface area contributed by atoms with E-state index in [-0.39, 0.29) is 57.4 Å². The first-order valence-corrected chi connectivity index (χ1v) is 17.0. The highest BCUT2D eigenvalue weighted by atomic mass is 35.5. The van der Waals surface area contributed by atoms with Gasteiger partial charge in [-0.1, -0.05) is 53.5 Å². The maximum atomic E-state index is 15.0. The molecule has 52 heavy (non-hydrogen) atoms. The summed E-state index contributed by atoms with van der Waals surface area (Å²) in [4.78, 5) is 30.7. The number of fused-ring (bicyclic) bond motifs is 3. The van der Waals surface area contributed by atoms with Crippen molar-refractivity contribution in [1.29, 1.82) is 0 Å². The molecule has 2 atom stereocenters. The lowest BCUT2D eigenvalue weighted by Gasteiger charge is -2.44. The van der Waals surface area contributed by atoms with Crippen LogP contribution in [0, 0.1) is 16.9 Å². The van der Waals surface area contributed by atoms with E-state index in [2.05, 4.69) is 9.64 Å². The average molecular weight is 764 g/mol. The molecule has 1 amide bonds. The maximum Gasteiger partial charge on any atom is 0.415 e. The number of carbonyl (C=O) groups is 2. The Morgan fingerprint density at radius 3 is 2.38 bits per heavy atom. The Kier molecular flexibility index (Phi) is 10.4. The van der Waals surface area contributed by atoms with Gasteiger partial charge in [0.1, 0.15) is 28.1 Å². The van der Waals surface area contributed by atoms with Crippen LogP contribution in [0.25, 0.3) is 0 Å². The molecule has 3 aromatic carbocycles. The summed E-state index contributed by atoms with van der Waals surface area (Å²) in [6.45, 7) is -0.895. The summed E-state index contributed by atoms with van der Waals surface area (Å²) in [5, 5.41) is 11.8.